The Morgan fingerprint density at radius 1 is 0.547 bits per heavy atom. The highest BCUT2D eigenvalue weighted by Gasteiger charge is 2.17. The van der Waals surface area contributed by atoms with Crippen LogP contribution in [0.4, 0.5) is 11.4 Å². The van der Waals surface area contributed by atoms with E-state index >= 15 is 0 Å². The minimum absolute atomic E-state index is 0.623. The van der Waals surface area contributed by atoms with Crippen LogP contribution in [0.5, 0.6) is 0 Å². The molecule has 0 saturated carbocycles. The molecule has 1 aliphatic rings. The van der Waals surface area contributed by atoms with Crippen LogP contribution >= 0.6 is 0 Å². The molecule has 2 heterocycles. The van der Waals surface area contributed by atoms with E-state index in [0.29, 0.717) is 5.89 Å². The van der Waals surface area contributed by atoms with Gasteiger partial charge in [-0.2, -0.15) is 0 Å². The third-order valence-electron chi connectivity index (χ3n) is 10.1. The van der Waals surface area contributed by atoms with Crippen molar-refractivity contribution in [2.24, 2.45) is 0 Å². The van der Waals surface area contributed by atoms with Crippen molar-refractivity contribution in [3.63, 3.8) is 0 Å². The molecule has 0 aliphatic carbocycles. The quantitative estimate of drug-likeness (QED) is 0.175. The van der Waals surface area contributed by atoms with Crippen molar-refractivity contribution < 1.29 is 4.42 Å². The van der Waals surface area contributed by atoms with E-state index in [-0.39, 0.29) is 0 Å². The van der Waals surface area contributed by atoms with Crippen LogP contribution in [0.1, 0.15) is 16.7 Å². The molecule has 7 aromatic carbocycles. The van der Waals surface area contributed by atoms with Gasteiger partial charge in [0.05, 0.1) is 0 Å². The standard InChI is InChI=1S/C50H38N2O/c1-35-21-23-36(24-22-35)41-31-32-49-47(34-41)51-50(53-49)40-29-26-38(27-30-40)44-17-7-9-19-46(44)45-18-8-6-16-43(45)37-13-11-33-52(42-14-3-2-4-15-42)48-20-10-5-12-39(48)28-25-37/h2-27,29-32,34H,28,33H2,1H3. The molecule has 0 atom stereocenters. The molecule has 0 unspecified atom stereocenters. The van der Waals surface area contributed by atoms with E-state index in [0.717, 1.165) is 40.8 Å². The lowest BCUT2D eigenvalue weighted by molar-refractivity contribution is 0.620. The first-order valence-electron chi connectivity index (χ1n) is 18.2. The third kappa shape index (κ3) is 6.50. The van der Waals surface area contributed by atoms with E-state index in [2.05, 4.69) is 194 Å². The average Bonchev–Trinajstić information content (AvgIpc) is 3.68. The predicted molar refractivity (Wildman–Crippen MR) is 221 cm³/mol. The summed E-state index contributed by atoms with van der Waals surface area (Å²) in [6, 6.07) is 60.3. The maximum absolute atomic E-state index is 6.24. The molecule has 1 aromatic heterocycles. The lowest BCUT2D eigenvalue weighted by Crippen LogP contribution is -2.18. The Morgan fingerprint density at radius 2 is 1.17 bits per heavy atom. The summed E-state index contributed by atoms with van der Waals surface area (Å²) < 4.78 is 6.24. The number of oxazole rings is 1. The van der Waals surface area contributed by atoms with Crippen molar-refractivity contribution in [3.05, 3.63) is 205 Å². The Labute approximate surface area is 310 Å². The summed E-state index contributed by atoms with van der Waals surface area (Å²) in [5, 5.41) is 0. The Balaban J connectivity index is 1.03. The molecule has 9 rings (SSSR count). The van der Waals surface area contributed by atoms with E-state index in [1.165, 1.54) is 55.9 Å². The molecule has 8 aromatic rings. The van der Waals surface area contributed by atoms with Gasteiger partial charge in [0.2, 0.25) is 5.89 Å². The summed E-state index contributed by atoms with van der Waals surface area (Å²) in [4.78, 5) is 7.29. The Morgan fingerprint density at radius 3 is 1.96 bits per heavy atom. The van der Waals surface area contributed by atoms with Gasteiger partial charge in [-0.1, -0.05) is 151 Å². The number of fused-ring (bicyclic) bond motifs is 2. The van der Waals surface area contributed by atoms with Crippen LogP contribution in [0.2, 0.25) is 0 Å². The van der Waals surface area contributed by atoms with Gasteiger partial charge in [0, 0.05) is 23.5 Å². The summed E-state index contributed by atoms with van der Waals surface area (Å²) in [5.41, 5.74) is 17.0. The zero-order chi connectivity index (χ0) is 35.6. The van der Waals surface area contributed by atoms with Crippen LogP contribution in [0.15, 0.2) is 193 Å². The van der Waals surface area contributed by atoms with E-state index in [4.69, 9.17) is 9.40 Å². The predicted octanol–water partition coefficient (Wildman–Crippen LogP) is 13.1. The number of hydrogen-bond acceptors (Lipinski definition) is 3. The first-order valence-corrected chi connectivity index (χ1v) is 18.2. The van der Waals surface area contributed by atoms with Crippen LogP contribution in [0.25, 0.3) is 61.5 Å². The summed E-state index contributed by atoms with van der Waals surface area (Å²) >= 11 is 0. The number of aromatic nitrogens is 1. The van der Waals surface area contributed by atoms with Crippen molar-refractivity contribution in [3.8, 4) is 44.8 Å². The molecule has 0 amide bonds. The largest absolute Gasteiger partial charge is 0.436 e. The van der Waals surface area contributed by atoms with Gasteiger partial charge < -0.3 is 9.32 Å². The molecule has 0 radical (unpaired) electrons. The minimum Gasteiger partial charge on any atom is -0.436 e. The number of aryl methyl sites for hydroxylation is 1. The summed E-state index contributed by atoms with van der Waals surface area (Å²) in [5.74, 6) is 0.623. The molecule has 254 valence electrons. The number of benzene rings is 7. The number of para-hydroxylation sites is 2. The number of rotatable bonds is 6. The number of hydrogen-bond donors (Lipinski definition) is 0. The molecule has 3 heteroatoms. The molecule has 0 spiro atoms. The summed E-state index contributed by atoms with van der Waals surface area (Å²) in [6.45, 7) is 2.88. The van der Waals surface area contributed by atoms with Gasteiger partial charge in [-0.25, -0.2) is 4.98 Å². The topological polar surface area (TPSA) is 29.3 Å². The highest BCUT2D eigenvalue weighted by atomic mass is 16.3. The molecule has 3 nitrogen and oxygen atoms in total. The van der Waals surface area contributed by atoms with Crippen LogP contribution in [-0.4, -0.2) is 11.5 Å². The molecule has 0 fully saturated rings. The van der Waals surface area contributed by atoms with Crippen molar-refractivity contribution in [2.75, 3.05) is 11.4 Å². The fourth-order valence-electron chi connectivity index (χ4n) is 7.38. The van der Waals surface area contributed by atoms with Gasteiger partial charge in [0.15, 0.2) is 5.58 Å². The molecule has 53 heavy (non-hydrogen) atoms. The first kappa shape index (κ1) is 32.2. The van der Waals surface area contributed by atoms with E-state index < -0.39 is 0 Å². The van der Waals surface area contributed by atoms with Crippen molar-refractivity contribution in [2.45, 2.75) is 13.3 Å². The van der Waals surface area contributed by atoms with Gasteiger partial charge in [-0.3, -0.25) is 0 Å². The number of nitrogens with zero attached hydrogens (tertiary/aromatic N) is 2. The highest BCUT2D eigenvalue weighted by molar-refractivity contribution is 5.92. The maximum atomic E-state index is 6.24. The zero-order valence-corrected chi connectivity index (χ0v) is 29.6. The second-order valence-electron chi connectivity index (χ2n) is 13.6. The van der Waals surface area contributed by atoms with Crippen LogP contribution in [-0.2, 0) is 6.42 Å². The monoisotopic (exact) mass is 682 g/mol. The minimum atomic E-state index is 0.623. The van der Waals surface area contributed by atoms with E-state index in [1.807, 2.05) is 6.07 Å². The van der Waals surface area contributed by atoms with Gasteiger partial charge >= 0.3 is 0 Å². The summed E-state index contributed by atoms with van der Waals surface area (Å²) in [6.07, 6.45) is 7.80. The number of anilines is 2. The van der Waals surface area contributed by atoms with Crippen molar-refractivity contribution in [1.29, 1.82) is 0 Å². The average molecular weight is 683 g/mol. The van der Waals surface area contributed by atoms with E-state index in [9.17, 15) is 0 Å². The van der Waals surface area contributed by atoms with Crippen LogP contribution in [0.3, 0.4) is 0 Å². The van der Waals surface area contributed by atoms with Crippen LogP contribution in [0, 0.1) is 6.92 Å². The third-order valence-corrected chi connectivity index (χ3v) is 10.1. The second-order valence-corrected chi connectivity index (χ2v) is 13.6. The highest BCUT2D eigenvalue weighted by Crippen LogP contribution is 2.39. The lowest BCUT2D eigenvalue weighted by Gasteiger charge is -2.25. The molecule has 0 N–H and O–H groups in total. The fraction of sp³-hybridized carbons (Fsp3) is 0.0600. The van der Waals surface area contributed by atoms with Crippen molar-refractivity contribution in [1.82, 2.24) is 4.98 Å². The van der Waals surface area contributed by atoms with E-state index in [1.54, 1.807) is 0 Å². The smallest absolute Gasteiger partial charge is 0.227 e. The maximum Gasteiger partial charge on any atom is 0.227 e. The second kappa shape index (κ2) is 14.1. The fourth-order valence-corrected chi connectivity index (χ4v) is 7.38. The summed E-state index contributed by atoms with van der Waals surface area (Å²) in [7, 11) is 0. The van der Waals surface area contributed by atoms with Gasteiger partial charge in [0.1, 0.15) is 5.52 Å². The number of allylic oxidation sites excluding steroid dienone is 3. The van der Waals surface area contributed by atoms with Gasteiger partial charge in [-0.05, 0) is 106 Å². The Hall–Kier alpha value is -6.71. The Bertz CT molecular complexity index is 2610. The SMILES string of the molecule is Cc1ccc(-c2ccc3oc(-c4ccc(-c5ccccc5-c5ccccc5C5=CCc6ccccc6N(c6ccccc6)CC=C5)cc4)nc3c2)cc1. The van der Waals surface area contributed by atoms with Crippen LogP contribution < -0.4 is 4.90 Å². The molecular weight excluding hydrogens is 645 g/mol. The Kier molecular flexibility index (Phi) is 8.59. The molecule has 0 bridgehead atoms. The zero-order valence-electron chi connectivity index (χ0n) is 29.6. The molecule has 0 saturated heterocycles. The van der Waals surface area contributed by atoms with Gasteiger partial charge in [-0.15, -0.1) is 0 Å². The van der Waals surface area contributed by atoms with Crippen molar-refractivity contribution >= 4 is 28.0 Å². The molecular formula is C50H38N2O. The molecule has 1 aliphatic heterocycles. The van der Waals surface area contributed by atoms with Gasteiger partial charge in [0.25, 0.3) is 0 Å². The first-order chi connectivity index (χ1) is 26.2. The lowest BCUT2D eigenvalue weighted by atomic mass is 9.88. The normalized spacial score (nSPS) is 12.8.